The predicted molar refractivity (Wildman–Crippen MR) is 142 cm³/mol. The van der Waals surface area contributed by atoms with Gasteiger partial charge in [-0.15, -0.1) is 0 Å². The van der Waals surface area contributed by atoms with Crippen LogP contribution in [0.25, 0.3) is 23.3 Å². The van der Waals surface area contributed by atoms with E-state index in [1.165, 1.54) is 6.07 Å². The van der Waals surface area contributed by atoms with E-state index in [2.05, 4.69) is 11.9 Å². The maximum Gasteiger partial charge on any atom is 0.221 e. The summed E-state index contributed by atoms with van der Waals surface area (Å²) in [6, 6.07) is 26.7. The van der Waals surface area contributed by atoms with E-state index in [-0.39, 0.29) is 5.52 Å². The Bertz CT molecular complexity index is 1500. The largest absolute Gasteiger partial charge is 0.472 e. The fourth-order valence-electron chi connectivity index (χ4n) is 3.99. The highest BCUT2D eigenvalue weighted by atomic mass is 19.1. The van der Waals surface area contributed by atoms with E-state index in [0.29, 0.717) is 37.2 Å². The average Bonchev–Trinajstić information content (AvgIpc) is 3.37. The van der Waals surface area contributed by atoms with E-state index in [1.807, 2.05) is 72.8 Å². The lowest BCUT2D eigenvalue weighted by molar-refractivity contribution is 0.103. The van der Waals surface area contributed by atoms with Crippen molar-refractivity contribution in [1.29, 1.82) is 0 Å². The normalized spacial score (nSPS) is 11.4. The molecule has 186 valence electrons. The number of aryl methyl sites for hydroxylation is 1. The zero-order chi connectivity index (χ0) is 25.5. The lowest BCUT2D eigenvalue weighted by Crippen LogP contribution is -2.06. The summed E-state index contributed by atoms with van der Waals surface area (Å²) in [6.45, 7) is 3.33. The Balaban J connectivity index is 1.42. The van der Waals surface area contributed by atoms with Gasteiger partial charge in [-0.1, -0.05) is 73.7 Å². The molecule has 6 heteroatoms. The molecule has 0 atom stereocenters. The summed E-state index contributed by atoms with van der Waals surface area (Å²) >= 11 is 0. The van der Waals surface area contributed by atoms with Crippen molar-refractivity contribution in [3.8, 4) is 5.88 Å². The van der Waals surface area contributed by atoms with Gasteiger partial charge < -0.3 is 13.9 Å². The molecule has 0 saturated heterocycles. The molecule has 5 rings (SSSR count). The molecule has 0 aliphatic rings. The SMILES string of the molecule is CCc1cc(C=Cc2nc3c(F)cccc3o2)c(OCc2ccccc2)nc1COCc1ccccc1. The van der Waals surface area contributed by atoms with E-state index in [1.54, 1.807) is 18.2 Å². The summed E-state index contributed by atoms with van der Waals surface area (Å²) in [4.78, 5) is 9.12. The summed E-state index contributed by atoms with van der Waals surface area (Å²) in [7, 11) is 0. The predicted octanol–water partition coefficient (Wildman–Crippen LogP) is 7.39. The van der Waals surface area contributed by atoms with E-state index in [4.69, 9.17) is 18.9 Å². The Morgan fingerprint density at radius 2 is 1.54 bits per heavy atom. The standard InChI is InChI=1S/C31H27FN2O3/c1-2-24-18-25(16-17-29-34-30-26(32)14-9-15-28(30)37-29)31(36-20-23-12-7-4-8-13-23)33-27(24)21-35-19-22-10-5-3-6-11-22/h3-18H,2,19-21H2,1H3. The van der Waals surface area contributed by atoms with Gasteiger partial charge in [0.2, 0.25) is 11.8 Å². The van der Waals surface area contributed by atoms with Gasteiger partial charge in [0, 0.05) is 11.6 Å². The Morgan fingerprint density at radius 1 is 0.811 bits per heavy atom. The topological polar surface area (TPSA) is 57.4 Å². The number of fused-ring (bicyclic) bond motifs is 1. The Hall–Kier alpha value is -4.29. The molecule has 0 N–H and O–H groups in total. The monoisotopic (exact) mass is 494 g/mol. The van der Waals surface area contributed by atoms with Crippen LogP contribution in [0.5, 0.6) is 5.88 Å². The number of hydrogen-bond donors (Lipinski definition) is 0. The van der Waals surface area contributed by atoms with Gasteiger partial charge in [0.15, 0.2) is 11.4 Å². The van der Waals surface area contributed by atoms with Gasteiger partial charge in [0.1, 0.15) is 12.1 Å². The van der Waals surface area contributed by atoms with E-state index in [9.17, 15) is 4.39 Å². The number of benzene rings is 3. The van der Waals surface area contributed by atoms with Crippen LogP contribution in [0.2, 0.25) is 0 Å². The highest BCUT2D eigenvalue weighted by Crippen LogP contribution is 2.26. The van der Waals surface area contributed by atoms with E-state index in [0.717, 1.165) is 34.4 Å². The van der Waals surface area contributed by atoms with Crippen molar-refractivity contribution in [2.75, 3.05) is 0 Å². The molecule has 0 fully saturated rings. The van der Waals surface area contributed by atoms with Crippen LogP contribution in [0.15, 0.2) is 89.3 Å². The van der Waals surface area contributed by atoms with Gasteiger partial charge in [-0.05, 0) is 47.4 Å². The highest BCUT2D eigenvalue weighted by Gasteiger charge is 2.13. The van der Waals surface area contributed by atoms with Crippen molar-refractivity contribution in [3.63, 3.8) is 0 Å². The van der Waals surface area contributed by atoms with E-state index < -0.39 is 5.82 Å². The van der Waals surface area contributed by atoms with Crippen LogP contribution in [-0.2, 0) is 31.0 Å². The Labute approximate surface area is 215 Å². The molecule has 0 radical (unpaired) electrons. The third-order valence-electron chi connectivity index (χ3n) is 5.93. The molecule has 5 aromatic rings. The molecule has 0 aliphatic carbocycles. The minimum absolute atomic E-state index is 0.209. The number of ether oxygens (including phenoxy) is 2. The first kappa shape index (κ1) is 24.4. The van der Waals surface area contributed by atoms with Gasteiger partial charge in [0.25, 0.3) is 0 Å². The van der Waals surface area contributed by atoms with Crippen LogP contribution in [-0.4, -0.2) is 9.97 Å². The first-order chi connectivity index (χ1) is 18.2. The summed E-state index contributed by atoms with van der Waals surface area (Å²) in [5.41, 5.74) is 5.43. The number of hydrogen-bond acceptors (Lipinski definition) is 5. The summed E-state index contributed by atoms with van der Waals surface area (Å²) in [5, 5.41) is 0. The number of halogens is 1. The zero-order valence-corrected chi connectivity index (χ0v) is 20.6. The maximum absolute atomic E-state index is 14.1. The van der Waals surface area contributed by atoms with Gasteiger partial charge in [-0.3, -0.25) is 0 Å². The number of nitrogens with zero attached hydrogens (tertiary/aromatic N) is 2. The van der Waals surface area contributed by atoms with Crippen molar-refractivity contribution in [1.82, 2.24) is 9.97 Å². The first-order valence-electron chi connectivity index (χ1n) is 12.2. The number of oxazole rings is 1. The van der Waals surface area contributed by atoms with E-state index >= 15 is 0 Å². The Kier molecular flexibility index (Phi) is 7.67. The summed E-state index contributed by atoms with van der Waals surface area (Å²) < 4.78 is 31.9. The smallest absolute Gasteiger partial charge is 0.221 e. The number of aromatic nitrogens is 2. The molecular formula is C31H27FN2O3. The molecule has 0 saturated carbocycles. The van der Waals surface area contributed by atoms with Gasteiger partial charge in [0.05, 0.1) is 18.9 Å². The fraction of sp³-hybridized carbons (Fsp3) is 0.161. The highest BCUT2D eigenvalue weighted by molar-refractivity contribution is 5.77. The number of rotatable bonds is 10. The number of pyridine rings is 1. The molecule has 3 aromatic carbocycles. The minimum atomic E-state index is -0.414. The quantitative estimate of drug-likeness (QED) is 0.203. The second kappa shape index (κ2) is 11.6. The van der Waals surface area contributed by atoms with Crippen molar-refractivity contribution in [2.45, 2.75) is 33.2 Å². The van der Waals surface area contributed by atoms with Gasteiger partial charge in [-0.2, -0.15) is 0 Å². The zero-order valence-electron chi connectivity index (χ0n) is 20.6. The summed E-state index contributed by atoms with van der Waals surface area (Å²) in [5.74, 6) is 0.378. The molecular weight excluding hydrogens is 467 g/mol. The van der Waals surface area contributed by atoms with Crippen LogP contribution in [0.3, 0.4) is 0 Å². The van der Waals surface area contributed by atoms with Crippen molar-refractivity contribution in [2.24, 2.45) is 0 Å². The lowest BCUT2D eigenvalue weighted by Gasteiger charge is -2.14. The van der Waals surface area contributed by atoms with Crippen molar-refractivity contribution >= 4 is 23.3 Å². The van der Waals surface area contributed by atoms with Crippen molar-refractivity contribution < 1.29 is 18.3 Å². The van der Waals surface area contributed by atoms with Crippen LogP contribution in [0.1, 0.15) is 40.8 Å². The molecule has 0 bridgehead atoms. The maximum atomic E-state index is 14.1. The molecule has 0 unspecified atom stereocenters. The third-order valence-corrected chi connectivity index (χ3v) is 5.93. The Morgan fingerprint density at radius 3 is 2.24 bits per heavy atom. The lowest BCUT2D eigenvalue weighted by atomic mass is 10.1. The molecule has 2 aromatic heterocycles. The second-order valence-electron chi connectivity index (χ2n) is 8.57. The fourth-order valence-corrected chi connectivity index (χ4v) is 3.99. The van der Waals surface area contributed by atoms with Crippen molar-refractivity contribution in [3.05, 3.63) is 125 Å². The van der Waals surface area contributed by atoms with Crippen LogP contribution in [0, 0.1) is 5.82 Å². The van der Waals surface area contributed by atoms with Crippen LogP contribution >= 0.6 is 0 Å². The van der Waals surface area contributed by atoms with Gasteiger partial charge >= 0.3 is 0 Å². The van der Waals surface area contributed by atoms with Crippen LogP contribution < -0.4 is 4.74 Å². The van der Waals surface area contributed by atoms with Crippen LogP contribution in [0.4, 0.5) is 4.39 Å². The molecule has 5 nitrogen and oxygen atoms in total. The molecule has 0 amide bonds. The third kappa shape index (κ3) is 6.11. The first-order valence-corrected chi connectivity index (χ1v) is 12.2. The molecule has 37 heavy (non-hydrogen) atoms. The number of para-hydroxylation sites is 1. The second-order valence-corrected chi connectivity index (χ2v) is 8.57. The molecule has 0 spiro atoms. The minimum Gasteiger partial charge on any atom is -0.472 e. The summed E-state index contributed by atoms with van der Waals surface area (Å²) in [6.07, 6.45) is 4.32. The van der Waals surface area contributed by atoms with Gasteiger partial charge in [-0.25, -0.2) is 14.4 Å². The molecule has 0 aliphatic heterocycles. The molecule has 2 heterocycles. The average molecular weight is 495 g/mol.